The van der Waals surface area contributed by atoms with Gasteiger partial charge in [-0.15, -0.1) is 5.54 Å². The average Bonchev–Trinajstić information content (AvgIpc) is 2.49. The van der Waals surface area contributed by atoms with E-state index in [2.05, 4.69) is 64.4 Å². The molecule has 0 rings (SSSR count). The summed E-state index contributed by atoms with van der Waals surface area (Å²) in [6, 6.07) is 0. The average molecular weight is 466 g/mol. The first-order valence-corrected chi connectivity index (χ1v) is 7.57. The van der Waals surface area contributed by atoms with Crippen molar-refractivity contribution in [2.75, 3.05) is 13.7 Å². The van der Waals surface area contributed by atoms with E-state index in [4.69, 9.17) is 28.0 Å². The van der Waals surface area contributed by atoms with Crippen LogP contribution in [0.3, 0.4) is 0 Å². The Bertz CT molecular complexity index is 266. The summed E-state index contributed by atoms with van der Waals surface area (Å²) in [5.74, 6) is 2.96. The van der Waals surface area contributed by atoms with Gasteiger partial charge in [0.15, 0.2) is 0 Å². The van der Waals surface area contributed by atoms with Crippen LogP contribution in [0.2, 0.25) is 19.6 Å². The van der Waals surface area contributed by atoms with Crippen LogP contribution in [-0.4, -0.2) is 21.8 Å². The zero-order valence-corrected chi connectivity index (χ0v) is 15.5. The van der Waals surface area contributed by atoms with Crippen LogP contribution in [0.4, 0.5) is 0 Å². The summed E-state index contributed by atoms with van der Waals surface area (Å²) in [6.07, 6.45) is 0. The van der Waals surface area contributed by atoms with Gasteiger partial charge in [-0.05, 0) is 0 Å². The van der Waals surface area contributed by atoms with Gasteiger partial charge in [0.25, 0.3) is 0 Å². The van der Waals surface area contributed by atoms with E-state index < -0.39 is 8.07 Å². The molecule has 0 aromatic rings. The van der Waals surface area contributed by atoms with Crippen LogP contribution in [0.1, 0.15) is 0 Å². The SMILES string of the molecule is COCC#C[Si](C)(C)C.[C-]#[O+].[C-]#[O+].[C-]#[O+].[C-]#[O+].[C-]#[O+].[W]. The summed E-state index contributed by atoms with van der Waals surface area (Å²) in [5, 5.41) is 0. The van der Waals surface area contributed by atoms with E-state index in [9.17, 15) is 0 Å². The minimum atomic E-state index is -1.14. The first kappa shape index (κ1) is 42.7. The Hall–Kier alpha value is -0.875. The van der Waals surface area contributed by atoms with Crippen LogP contribution < -0.4 is 0 Å². The fourth-order valence-electron chi connectivity index (χ4n) is 0.373. The zero-order valence-electron chi connectivity index (χ0n) is 11.6. The maximum atomic E-state index is 7.50. The van der Waals surface area contributed by atoms with E-state index in [0.717, 1.165) is 0 Å². The van der Waals surface area contributed by atoms with Gasteiger partial charge in [0, 0.05) is 28.2 Å². The first-order chi connectivity index (χ1) is 9.06. The molecule has 0 saturated heterocycles. The second kappa shape index (κ2) is 63.8. The summed E-state index contributed by atoms with van der Waals surface area (Å²) in [4.78, 5) is 0. The minimum Gasteiger partial charge on any atom is 0 e. The van der Waals surface area contributed by atoms with Gasteiger partial charge in [0.2, 0.25) is 0 Å². The number of ether oxygens (including phenoxy) is 1. The number of methoxy groups -OCH3 is 1. The van der Waals surface area contributed by atoms with Crippen molar-refractivity contribution in [1.29, 1.82) is 0 Å². The van der Waals surface area contributed by atoms with Crippen molar-refractivity contribution in [2.24, 2.45) is 0 Å². The second-order valence-electron chi connectivity index (χ2n) is 2.98. The maximum absolute atomic E-state index is 7.50. The molecule has 0 aromatic carbocycles. The van der Waals surface area contributed by atoms with Gasteiger partial charge in [-0.3, -0.25) is 0 Å². The van der Waals surface area contributed by atoms with Crippen molar-refractivity contribution in [1.82, 2.24) is 0 Å². The molecule has 0 atom stereocenters. The molecule has 0 aromatic heterocycles. The van der Waals surface area contributed by atoms with Crippen LogP contribution >= 0.6 is 0 Å². The summed E-state index contributed by atoms with van der Waals surface area (Å²) < 4.78 is 42.3. The van der Waals surface area contributed by atoms with Crippen molar-refractivity contribution in [3.63, 3.8) is 0 Å². The van der Waals surface area contributed by atoms with Crippen LogP contribution in [0, 0.1) is 44.7 Å². The quantitative estimate of drug-likeness (QED) is 0.247. The van der Waals surface area contributed by atoms with Crippen LogP contribution in [0.15, 0.2) is 0 Å². The Kier molecular flexibility index (Phi) is 136. The molecule has 6 nitrogen and oxygen atoms in total. The molecule has 0 heterocycles. The van der Waals surface area contributed by atoms with Crippen LogP contribution in [-0.2, 0) is 49.1 Å². The molecule has 0 amide bonds. The number of rotatable bonds is 1. The van der Waals surface area contributed by atoms with Gasteiger partial charge in [0.05, 0.1) is 0 Å². The van der Waals surface area contributed by atoms with Crippen LogP contribution in [0.25, 0.3) is 0 Å². The summed E-state index contributed by atoms with van der Waals surface area (Å²) in [7, 11) is 0.530. The Balaban J connectivity index is -0.0000000261. The van der Waals surface area contributed by atoms with Gasteiger partial charge in [-0.1, -0.05) is 25.6 Å². The summed E-state index contributed by atoms with van der Waals surface area (Å²) in [6.45, 7) is 29.7. The van der Waals surface area contributed by atoms with E-state index >= 15 is 0 Å². The molecule has 0 spiro atoms. The van der Waals surface area contributed by atoms with Gasteiger partial charge >= 0.3 is 56.5 Å². The van der Waals surface area contributed by atoms with Crippen molar-refractivity contribution < 1.29 is 49.1 Å². The van der Waals surface area contributed by atoms with Crippen molar-refractivity contribution in [3.8, 4) is 11.5 Å². The Morgan fingerprint density at radius 1 is 0.800 bits per heavy atom. The molecular weight excluding hydrogens is 452 g/mol. The first-order valence-electron chi connectivity index (χ1n) is 4.07. The van der Waals surface area contributed by atoms with Crippen molar-refractivity contribution in [3.05, 3.63) is 33.3 Å². The molecule has 0 aliphatic carbocycles. The molecule has 0 aliphatic rings. The Labute approximate surface area is 135 Å². The fourth-order valence-corrected chi connectivity index (χ4v) is 0.976. The zero-order chi connectivity index (χ0) is 17.3. The van der Waals surface area contributed by atoms with Gasteiger partial charge in [-0.2, -0.15) is 0 Å². The monoisotopic (exact) mass is 466 g/mol. The van der Waals surface area contributed by atoms with E-state index in [1.165, 1.54) is 0 Å². The van der Waals surface area contributed by atoms with Crippen molar-refractivity contribution >= 4 is 8.07 Å². The normalized spacial score (nSPS) is 5.10. The fraction of sp³-hybridized carbons (Fsp3) is 0.417. The van der Waals surface area contributed by atoms with E-state index in [-0.39, 0.29) is 21.1 Å². The third-order valence-corrected chi connectivity index (χ3v) is 1.61. The third-order valence-electron chi connectivity index (χ3n) is 0.680. The number of hydrogen-bond acceptors (Lipinski definition) is 1. The predicted octanol–water partition coefficient (Wildman–Crippen LogP) is 1.32. The van der Waals surface area contributed by atoms with Gasteiger partial charge in [-0.25, -0.2) is 0 Å². The van der Waals surface area contributed by atoms with Crippen molar-refractivity contribution in [2.45, 2.75) is 19.6 Å². The molecule has 20 heavy (non-hydrogen) atoms. The largest absolute Gasteiger partial charge is 0 e. The predicted molar refractivity (Wildman–Crippen MR) is 62.6 cm³/mol. The third kappa shape index (κ3) is 170. The topological polar surface area (TPSA) is 109 Å². The molecule has 108 valence electrons. The van der Waals surface area contributed by atoms with Gasteiger partial charge < -0.3 is 4.74 Å². The van der Waals surface area contributed by atoms with E-state index in [1.54, 1.807) is 7.11 Å². The molecule has 0 fully saturated rings. The summed E-state index contributed by atoms with van der Waals surface area (Å²) in [5.41, 5.74) is 3.19. The molecular formula is C12H14O6SiW. The molecule has 0 bridgehead atoms. The summed E-state index contributed by atoms with van der Waals surface area (Å²) >= 11 is 0. The van der Waals surface area contributed by atoms with Crippen LogP contribution in [0.5, 0.6) is 0 Å². The molecule has 0 radical (unpaired) electrons. The Morgan fingerprint density at radius 3 is 1.20 bits per heavy atom. The Morgan fingerprint density at radius 2 is 1.05 bits per heavy atom. The molecule has 8 heteroatoms. The maximum Gasteiger partial charge on any atom is 0 e. The molecule has 0 N–H and O–H groups in total. The molecule has 0 unspecified atom stereocenters. The van der Waals surface area contributed by atoms with E-state index in [0.29, 0.717) is 6.61 Å². The standard InChI is InChI=1S/C7H14OSi.5CO.W/c1-8-6-5-7-9(2,3)4;5*1-2;/h6H2,1-4H3;;;;;;. The van der Waals surface area contributed by atoms with Gasteiger partial charge in [0.1, 0.15) is 14.7 Å². The van der Waals surface area contributed by atoms with E-state index in [1.807, 2.05) is 0 Å². The molecule has 0 aliphatic heterocycles. The number of hydrogen-bond donors (Lipinski definition) is 0. The minimum absolute atomic E-state index is 0. The second-order valence-corrected chi connectivity index (χ2v) is 7.73. The smallest absolute Gasteiger partial charge is 0 e. The molecule has 0 saturated carbocycles.